The summed E-state index contributed by atoms with van der Waals surface area (Å²) in [5.41, 5.74) is 0. The van der Waals surface area contributed by atoms with E-state index in [-0.39, 0.29) is 35.5 Å². The first kappa shape index (κ1) is 17.2. The van der Waals surface area contributed by atoms with Crippen molar-refractivity contribution in [2.75, 3.05) is 20.1 Å². The zero-order chi connectivity index (χ0) is 18.3. The summed E-state index contributed by atoms with van der Waals surface area (Å²) in [6.07, 6.45) is 7.05. The Balaban J connectivity index is 1.28. The third kappa shape index (κ3) is 2.92. The number of nitrogens with one attached hydrogen (secondary N) is 2. The molecule has 3 aliphatic rings. The number of carbonyl (C=O) groups excluding carboxylic acids is 2. The van der Waals surface area contributed by atoms with Crippen molar-refractivity contribution >= 4 is 29.1 Å². The van der Waals surface area contributed by atoms with Crippen LogP contribution in [-0.2, 0) is 16.1 Å². The van der Waals surface area contributed by atoms with Crippen molar-refractivity contribution in [3.63, 3.8) is 0 Å². The van der Waals surface area contributed by atoms with Gasteiger partial charge in [-0.3, -0.25) is 19.5 Å². The minimum absolute atomic E-state index is 0.00160. The number of aromatic nitrogens is 1. The predicted molar refractivity (Wildman–Crippen MR) is 99.5 cm³/mol. The quantitative estimate of drug-likeness (QED) is 0.347. The largest absolute Gasteiger partial charge is 0.355 e. The van der Waals surface area contributed by atoms with Gasteiger partial charge in [0.2, 0.25) is 11.8 Å². The van der Waals surface area contributed by atoms with Crippen LogP contribution in [0.5, 0.6) is 0 Å². The number of guanidine groups is 1. The molecule has 138 valence electrons. The van der Waals surface area contributed by atoms with E-state index in [1.807, 2.05) is 13.1 Å². The van der Waals surface area contributed by atoms with Gasteiger partial charge in [-0.15, -0.1) is 11.3 Å². The van der Waals surface area contributed by atoms with Gasteiger partial charge < -0.3 is 10.6 Å². The van der Waals surface area contributed by atoms with E-state index in [0.717, 1.165) is 16.3 Å². The summed E-state index contributed by atoms with van der Waals surface area (Å²) in [5.74, 6) is 0.933. The van der Waals surface area contributed by atoms with Gasteiger partial charge in [0.1, 0.15) is 0 Å². The van der Waals surface area contributed by atoms with E-state index in [1.165, 1.54) is 4.90 Å². The van der Waals surface area contributed by atoms with Gasteiger partial charge in [0.15, 0.2) is 5.96 Å². The summed E-state index contributed by atoms with van der Waals surface area (Å²) in [6, 6.07) is 0. The van der Waals surface area contributed by atoms with Crippen LogP contribution in [-0.4, -0.2) is 47.8 Å². The zero-order valence-electron chi connectivity index (χ0n) is 14.9. The van der Waals surface area contributed by atoms with E-state index >= 15 is 0 Å². The number of fused-ring (bicyclic) bond motifs is 5. The first-order chi connectivity index (χ1) is 12.6. The molecule has 0 spiro atoms. The van der Waals surface area contributed by atoms with Crippen LogP contribution in [0.3, 0.4) is 0 Å². The number of allylic oxidation sites excluding steroid dienone is 2. The van der Waals surface area contributed by atoms with Gasteiger partial charge >= 0.3 is 0 Å². The standard InChI is InChI=1S/C18H23N5O2S/c1-10-21-8-13(26-10)9-22-18(19-2)20-5-6-23-16(24)14-11-3-4-12(7-11)15(14)17(23)25/h3-4,8,11-12,14-15H,5-7,9H2,1-2H3,(H2,19,20,22). The maximum Gasteiger partial charge on any atom is 0.233 e. The van der Waals surface area contributed by atoms with Gasteiger partial charge in [-0.25, -0.2) is 4.98 Å². The first-order valence-corrected chi connectivity index (χ1v) is 9.79. The summed E-state index contributed by atoms with van der Waals surface area (Å²) in [6.45, 7) is 3.49. The van der Waals surface area contributed by atoms with Crippen molar-refractivity contribution < 1.29 is 9.59 Å². The highest BCUT2D eigenvalue weighted by molar-refractivity contribution is 7.11. The van der Waals surface area contributed by atoms with Crippen LogP contribution in [0.25, 0.3) is 0 Å². The molecule has 1 aliphatic heterocycles. The molecule has 2 fully saturated rings. The van der Waals surface area contributed by atoms with Crippen molar-refractivity contribution in [3.8, 4) is 0 Å². The lowest BCUT2D eigenvalue weighted by molar-refractivity contribution is -0.140. The lowest BCUT2D eigenvalue weighted by Crippen LogP contribution is -2.43. The maximum atomic E-state index is 12.6. The average Bonchev–Trinajstić information content (AvgIpc) is 3.38. The van der Waals surface area contributed by atoms with Crippen molar-refractivity contribution in [3.05, 3.63) is 28.2 Å². The van der Waals surface area contributed by atoms with Gasteiger partial charge in [-0.05, 0) is 25.2 Å². The van der Waals surface area contributed by atoms with Crippen LogP contribution >= 0.6 is 11.3 Å². The molecule has 4 atom stereocenters. The third-order valence-electron chi connectivity index (χ3n) is 5.51. The fourth-order valence-corrected chi connectivity index (χ4v) is 5.08. The molecule has 2 aliphatic carbocycles. The fourth-order valence-electron chi connectivity index (χ4n) is 4.35. The molecule has 4 rings (SSSR count). The molecule has 1 saturated carbocycles. The Labute approximate surface area is 156 Å². The Bertz CT molecular complexity index is 756. The molecule has 0 radical (unpaired) electrons. The molecule has 2 N–H and O–H groups in total. The summed E-state index contributed by atoms with van der Waals surface area (Å²) in [5, 5.41) is 7.43. The highest BCUT2D eigenvalue weighted by atomic mass is 32.1. The minimum Gasteiger partial charge on any atom is -0.355 e. The van der Waals surface area contributed by atoms with Gasteiger partial charge in [0, 0.05) is 31.2 Å². The number of nitrogens with zero attached hydrogens (tertiary/aromatic N) is 3. The number of amides is 2. The second-order valence-electron chi connectivity index (χ2n) is 7.03. The fraction of sp³-hybridized carbons (Fsp3) is 0.556. The Hall–Kier alpha value is -2.22. The molecule has 2 heterocycles. The van der Waals surface area contributed by atoms with E-state index in [9.17, 15) is 9.59 Å². The normalized spacial score (nSPS) is 29.6. The number of hydrogen-bond donors (Lipinski definition) is 2. The highest BCUT2D eigenvalue weighted by Gasteiger charge is 2.58. The number of likely N-dealkylation sites (tertiary alicyclic amines) is 1. The van der Waals surface area contributed by atoms with E-state index < -0.39 is 0 Å². The number of carbonyl (C=O) groups is 2. The monoisotopic (exact) mass is 373 g/mol. The van der Waals surface area contributed by atoms with E-state index in [1.54, 1.807) is 18.4 Å². The van der Waals surface area contributed by atoms with Crippen LogP contribution in [0, 0.1) is 30.6 Å². The molecule has 4 unspecified atom stereocenters. The zero-order valence-corrected chi connectivity index (χ0v) is 15.8. The van der Waals surface area contributed by atoms with Crippen LogP contribution in [0.1, 0.15) is 16.3 Å². The van der Waals surface area contributed by atoms with E-state index in [2.05, 4.69) is 32.8 Å². The van der Waals surface area contributed by atoms with Gasteiger partial charge in [-0.1, -0.05) is 12.2 Å². The SMILES string of the molecule is CN=C(NCCN1C(=O)C2C3C=CC(C3)C2C1=O)NCc1cnc(C)s1. The molecule has 8 heteroatoms. The highest BCUT2D eigenvalue weighted by Crippen LogP contribution is 2.52. The summed E-state index contributed by atoms with van der Waals surface area (Å²) >= 11 is 1.64. The first-order valence-electron chi connectivity index (χ1n) is 8.98. The summed E-state index contributed by atoms with van der Waals surface area (Å²) in [4.78, 5) is 36.3. The number of thiazole rings is 1. The molecule has 2 amide bonds. The second-order valence-corrected chi connectivity index (χ2v) is 8.35. The summed E-state index contributed by atoms with van der Waals surface area (Å²) < 4.78 is 0. The van der Waals surface area contributed by atoms with Gasteiger partial charge in [0.05, 0.1) is 23.4 Å². The number of aliphatic imine (C=N–C) groups is 1. The van der Waals surface area contributed by atoms with Gasteiger partial charge in [0.25, 0.3) is 0 Å². The number of imide groups is 1. The number of hydrogen-bond acceptors (Lipinski definition) is 5. The number of aryl methyl sites for hydroxylation is 1. The second kappa shape index (κ2) is 6.83. The van der Waals surface area contributed by atoms with Crippen molar-refractivity contribution in [2.24, 2.45) is 28.7 Å². The third-order valence-corrected chi connectivity index (χ3v) is 6.43. The van der Waals surface area contributed by atoms with Crippen molar-refractivity contribution in [1.29, 1.82) is 0 Å². The minimum atomic E-state index is -0.121. The molecule has 26 heavy (non-hydrogen) atoms. The Morgan fingerprint density at radius 1 is 1.27 bits per heavy atom. The Morgan fingerprint density at radius 3 is 2.54 bits per heavy atom. The van der Waals surface area contributed by atoms with Crippen LogP contribution in [0.2, 0.25) is 0 Å². The average molecular weight is 373 g/mol. The lowest BCUT2D eigenvalue weighted by Gasteiger charge is -2.18. The molecule has 1 aromatic rings. The topological polar surface area (TPSA) is 86.7 Å². The predicted octanol–water partition coefficient (Wildman–Crippen LogP) is 0.924. The smallest absolute Gasteiger partial charge is 0.233 e. The molecular formula is C18H23N5O2S. The summed E-state index contributed by atoms with van der Waals surface area (Å²) in [7, 11) is 1.70. The van der Waals surface area contributed by atoms with Crippen LogP contribution in [0.15, 0.2) is 23.3 Å². The molecule has 1 aromatic heterocycles. The van der Waals surface area contributed by atoms with Gasteiger partial charge in [-0.2, -0.15) is 0 Å². The Morgan fingerprint density at radius 2 is 1.96 bits per heavy atom. The molecular weight excluding hydrogens is 350 g/mol. The van der Waals surface area contributed by atoms with Crippen LogP contribution in [0.4, 0.5) is 0 Å². The van der Waals surface area contributed by atoms with Crippen LogP contribution < -0.4 is 10.6 Å². The van der Waals surface area contributed by atoms with Crippen molar-refractivity contribution in [1.82, 2.24) is 20.5 Å². The maximum absolute atomic E-state index is 12.6. The molecule has 0 aromatic carbocycles. The molecule has 1 saturated heterocycles. The molecule has 2 bridgehead atoms. The van der Waals surface area contributed by atoms with E-state index in [4.69, 9.17) is 0 Å². The number of rotatable bonds is 5. The Kier molecular flexibility index (Phi) is 4.52. The van der Waals surface area contributed by atoms with Crippen molar-refractivity contribution in [2.45, 2.75) is 19.9 Å². The molecule has 7 nitrogen and oxygen atoms in total. The van der Waals surface area contributed by atoms with E-state index in [0.29, 0.717) is 25.6 Å². The lowest BCUT2D eigenvalue weighted by atomic mass is 9.85.